The highest BCUT2D eigenvalue weighted by Gasteiger charge is 2.24. The minimum absolute atomic E-state index is 0.0563. The number of amides is 1. The number of H-pyrrole nitrogens is 1. The van der Waals surface area contributed by atoms with Gasteiger partial charge in [-0.05, 0) is 42.5 Å². The third kappa shape index (κ3) is 3.59. The number of rotatable bonds is 3. The Kier molecular flexibility index (Phi) is 4.83. The zero-order valence-electron chi connectivity index (χ0n) is 18.3. The zero-order chi connectivity index (χ0) is 23.1. The molecular weight excluding hydrogens is 430 g/mol. The van der Waals surface area contributed by atoms with Gasteiger partial charge in [0.15, 0.2) is 5.58 Å². The summed E-state index contributed by atoms with van der Waals surface area (Å²) in [7, 11) is 0. The van der Waals surface area contributed by atoms with Crippen molar-refractivity contribution in [2.45, 2.75) is 0 Å². The van der Waals surface area contributed by atoms with Gasteiger partial charge in [-0.1, -0.05) is 30.3 Å². The second-order valence-electron chi connectivity index (χ2n) is 8.25. The van der Waals surface area contributed by atoms with Crippen molar-refractivity contribution < 1.29 is 9.21 Å². The van der Waals surface area contributed by atoms with E-state index in [1.807, 2.05) is 64.4 Å². The number of piperazine rings is 1. The number of nitrogens with zero attached hydrogens (tertiary/aromatic N) is 4. The molecule has 1 aliphatic rings. The van der Waals surface area contributed by atoms with Gasteiger partial charge in [0.1, 0.15) is 5.52 Å². The summed E-state index contributed by atoms with van der Waals surface area (Å²) in [5, 5.41) is 0.568. The van der Waals surface area contributed by atoms with Gasteiger partial charge in [0.25, 0.3) is 11.5 Å². The van der Waals surface area contributed by atoms with Crippen molar-refractivity contribution in [2.24, 2.45) is 0 Å². The molecular formula is C26H21N5O3. The third-order valence-corrected chi connectivity index (χ3v) is 6.12. The molecule has 0 aliphatic carbocycles. The molecule has 1 aliphatic heterocycles. The zero-order valence-corrected chi connectivity index (χ0v) is 18.3. The summed E-state index contributed by atoms with van der Waals surface area (Å²) in [5.41, 5.74) is 3.26. The Labute approximate surface area is 194 Å². The fourth-order valence-corrected chi connectivity index (χ4v) is 4.29. The molecule has 0 unspecified atom stereocenters. The normalized spacial score (nSPS) is 14.1. The van der Waals surface area contributed by atoms with Gasteiger partial charge in [0.2, 0.25) is 11.8 Å². The van der Waals surface area contributed by atoms with E-state index in [2.05, 4.69) is 15.0 Å². The lowest BCUT2D eigenvalue weighted by Gasteiger charge is -2.35. The van der Waals surface area contributed by atoms with Crippen molar-refractivity contribution in [3.8, 4) is 11.5 Å². The first-order chi connectivity index (χ1) is 16.7. The van der Waals surface area contributed by atoms with E-state index in [9.17, 15) is 9.59 Å². The van der Waals surface area contributed by atoms with E-state index in [4.69, 9.17) is 4.42 Å². The minimum Gasteiger partial charge on any atom is -0.436 e. The Hall–Kier alpha value is -4.46. The predicted molar refractivity (Wildman–Crippen MR) is 130 cm³/mol. The van der Waals surface area contributed by atoms with Crippen molar-refractivity contribution in [3.05, 3.63) is 88.7 Å². The van der Waals surface area contributed by atoms with Gasteiger partial charge in [0.05, 0.1) is 10.9 Å². The molecule has 5 aromatic rings. The molecule has 0 atom stereocenters. The number of oxazole rings is 1. The van der Waals surface area contributed by atoms with E-state index >= 15 is 0 Å². The second-order valence-corrected chi connectivity index (χ2v) is 8.25. The number of nitrogens with one attached hydrogen (secondary N) is 1. The highest BCUT2D eigenvalue weighted by molar-refractivity contribution is 5.97. The maximum Gasteiger partial charge on any atom is 0.260 e. The van der Waals surface area contributed by atoms with Crippen LogP contribution in [0.15, 0.2) is 82.0 Å². The Morgan fingerprint density at radius 1 is 0.853 bits per heavy atom. The van der Waals surface area contributed by atoms with Crippen LogP contribution in [0, 0.1) is 0 Å². The van der Waals surface area contributed by atoms with Gasteiger partial charge in [-0.2, -0.15) is 0 Å². The lowest BCUT2D eigenvalue weighted by molar-refractivity contribution is 0.0746. The van der Waals surface area contributed by atoms with Crippen LogP contribution in [0.1, 0.15) is 10.4 Å². The summed E-state index contributed by atoms with van der Waals surface area (Å²) in [6.07, 6.45) is 0. The molecule has 1 amide bonds. The van der Waals surface area contributed by atoms with Crippen LogP contribution in [0.2, 0.25) is 0 Å². The number of anilines is 1. The number of para-hydroxylation sites is 1. The van der Waals surface area contributed by atoms with Crippen LogP contribution < -0.4 is 10.5 Å². The monoisotopic (exact) mass is 451 g/mol. The fraction of sp³-hybridized carbons (Fsp3) is 0.154. The highest BCUT2D eigenvalue weighted by atomic mass is 16.3. The first kappa shape index (κ1) is 20.2. The molecule has 3 heterocycles. The number of benzene rings is 3. The molecule has 0 bridgehead atoms. The maximum absolute atomic E-state index is 13.2. The molecule has 8 heteroatoms. The fourth-order valence-electron chi connectivity index (χ4n) is 4.29. The highest BCUT2D eigenvalue weighted by Crippen LogP contribution is 2.25. The third-order valence-electron chi connectivity index (χ3n) is 6.12. The molecule has 0 radical (unpaired) electrons. The number of hydrogen-bond donors (Lipinski definition) is 1. The van der Waals surface area contributed by atoms with Gasteiger partial charge < -0.3 is 14.2 Å². The molecule has 2 aromatic heterocycles. The van der Waals surface area contributed by atoms with Crippen LogP contribution in [0.25, 0.3) is 33.5 Å². The van der Waals surface area contributed by atoms with E-state index in [1.165, 1.54) is 0 Å². The van der Waals surface area contributed by atoms with Crippen molar-refractivity contribution in [2.75, 3.05) is 31.1 Å². The lowest BCUT2D eigenvalue weighted by Crippen LogP contribution is -2.49. The molecule has 168 valence electrons. The summed E-state index contributed by atoms with van der Waals surface area (Å²) in [6, 6.07) is 22.3. The number of carbonyl (C=O) groups excluding carboxylic acids is 1. The first-order valence-electron chi connectivity index (χ1n) is 11.1. The van der Waals surface area contributed by atoms with Gasteiger partial charge in [0, 0.05) is 37.3 Å². The number of aromatic amines is 1. The van der Waals surface area contributed by atoms with Crippen LogP contribution in [-0.2, 0) is 0 Å². The maximum atomic E-state index is 13.2. The van der Waals surface area contributed by atoms with Crippen LogP contribution >= 0.6 is 0 Å². The van der Waals surface area contributed by atoms with Gasteiger partial charge in [-0.15, -0.1) is 0 Å². The minimum atomic E-state index is -0.158. The topological polar surface area (TPSA) is 95.3 Å². The number of fused-ring (bicyclic) bond motifs is 2. The Morgan fingerprint density at radius 3 is 2.44 bits per heavy atom. The molecule has 8 nitrogen and oxygen atoms in total. The summed E-state index contributed by atoms with van der Waals surface area (Å²) in [5.74, 6) is 1.01. The Morgan fingerprint density at radius 2 is 1.62 bits per heavy atom. The smallest absolute Gasteiger partial charge is 0.260 e. The summed E-state index contributed by atoms with van der Waals surface area (Å²) in [6.45, 7) is 2.21. The standard InChI is InChI=1S/C26H21N5O3/c32-23-19-8-4-5-9-20(19)28-26(29-23)31-14-12-30(13-15-31)25(33)18-10-11-21-22(16-18)34-24(27-21)17-6-2-1-3-7-17/h1-11,16H,12-15H2,(H,28,29,32). The van der Waals surface area contributed by atoms with Crippen LogP contribution in [0.3, 0.4) is 0 Å². The van der Waals surface area contributed by atoms with E-state index in [0.717, 1.165) is 5.56 Å². The summed E-state index contributed by atoms with van der Waals surface area (Å²) in [4.78, 5) is 41.4. The molecule has 0 spiro atoms. The molecule has 1 saturated heterocycles. The van der Waals surface area contributed by atoms with Crippen molar-refractivity contribution in [1.29, 1.82) is 0 Å². The lowest BCUT2D eigenvalue weighted by atomic mass is 10.1. The average Bonchev–Trinajstić information content (AvgIpc) is 3.32. The number of hydrogen-bond acceptors (Lipinski definition) is 6. The largest absolute Gasteiger partial charge is 0.436 e. The Bertz CT molecular complexity index is 1570. The van der Waals surface area contributed by atoms with Crippen LogP contribution in [0.4, 0.5) is 5.95 Å². The van der Waals surface area contributed by atoms with Crippen molar-refractivity contribution >= 4 is 33.9 Å². The molecule has 6 rings (SSSR count). The quantitative estimate of drug-likeness (QED) is 0.450. The SMILES string of the molecule is O=C(c1ccc2nc(-c3ccccc3)oc2c1)N1CCN(c2nc3ccccc3c(=O)[nH]2)CC1. The first-order valence-corrected chi connectivity index (χ1v) is 11.1. The van der Waals surface area contributed by atoms with E-state index in [-0.39, 0.29) is 11.5 Å². The van der Waals surface area contributed by atoms with Crippen LogP contribution in [-0.4, -0.2) is 51.9 Å². The second kappa shape index (κ2) is 8.15. The molecule has 0 saturated carbocycles. The molecule has 3 aromatic carbocycles. The van der Waals surface area contributed by atoms with E-state index in [0.29, 0.717) is 65.6 Å². The number of aromatic nitrogens is 3. The molecule has 1 fully saturated rings. The van der Waals surface area contributed by atoms with Gasteiger partial charge in [-0.3, -0.25) is 14.6 Å². The summed E-state index contributed by atoms with van der Waals surface area (Å²) >= 11 is 0. The van der Waals surface area contributed by atoms with Gasteiger partial charge >= 0.3 is 0 Å². The van der Waals surface area contributed by atoms with E-state index < -0.39 is 0 Å². The van der Waals surface area contributed by atoms with Gasteiger partial charge in [-0.25, -0.2) is 9.97 Å². The van der Waals surface area contributed by atoms with Crippen molar-refractivity contribution in [3.63, 3.8) is 0 Å². The van der Waals surface area contributed by atoms with Crippen LogP contribution in [0.5, 0.6) is 0 Å². The van der Waals surface area contributed by atoms with Crippen molar-refractivity contribution in [1.82, 2.24) is 19.9 Å². The Balaban J connectivity index is 1.19. The van der Waals surface area contributed by atoms with E-state index in [1.54, 1.807) is 18.2 Å². The molecule has 34 heavy (non-hydrogen) atoms. The number of carbonyl (C=O) groups is 1. The summed E-state index contributed by atoms with van der Waals surface area (Å²) < 4.78 is 5.92. The predicted octanol–water partition coefficient (Wildman–Crippen LogP) is 3.69. The average molecular weight is 451 g/mol. The molecule has 1 N–H and O–H groups in total.